The monoisotopic (exact) mass is 187 g/mol. The van der Waals surface area contributed by atoms with Gasteiger partial charge in [-0.05, 0) is 12.8 Å². The van der Waals surface area contributed by atoms with Gasteiger partial charge in [-0.2, -0.15) is 0 Å². The van der Waals surface area contributed by atoms with Gasteiger partial charge in [0.25, 0.3) is 0 Å². The topological polar surface area (TPSA) is 72.6 Å². The molecule has 1 amide bonds. The van der Waals surface area contributed by atoms with Crippen LogP contribution in [-0.2, 0) is 9.53 Å². The number of nitrogens with two attached hydrogens (primary N) is 1. The summed E-state index contributed by atoms with van der Waals surface area (Å²) in [6.07, 6.45) is 0. The van der Waals surface area contributed by atoms with Crippen molar-refractivity contribution in [3.63, 3.8) is 0 Å². The third-order valence-corrected chi connectivity index (χ3v) is 1.52. The molecule has 0 heterocycles. The van der Waals surface area contributed by atoms with Crippen LogP contribution in [0.5, 0.6) is 0 Å². The Hall–Kier alpha value is -1.03. The van der Waals surface area contributed by atoms with Crippen LogP contribution < -0.4 is 5.73 Å². The third-order valence-electron chi connectivity index (χ3n) is 1.52. The molecule has 3 N–H and O–H groups in total. The fourth-order valence-electron chi connectivity index (χ4n) is 0.677. The summed E-state index contributed by atoms with van der Waals surface area (Å²) in [5.74, 6) is 0.0521. The molecule has 0 spiro atoms. The van der Waals surface area contributed by atoms with E-state index < -0.39 is 5.91 Å². The highest BCUT2D eigenvalue weighted by atomic mass is 16.5. The highest BCUT2D eigenvalue weighted by Crippen LogP contribution is 2.06. The molecule has 0 unspecified atom stereocenters. The Kier molecular flexibility index (Phi) is 5.14. The molecule has 0 saturated heterocycles. The first-order valence-corrected chi connectivity index (χ1v) is 4.22. The lowest BCUT2D eigenvalue weighted by Crippen LogP contribution is -2.17. The van der Waals surface area contributed by atoms with Crippen LogP contribution in [0, 0.1) is 5.92 Å². The summed E-state index contributed by atoms with van der Waals surface area (Å²) >= 11 is 0. The highest BCUT2D eigenvalue weighted by Gasteiger charge is 2.08. The van der Waals surface area contributed by atoms with E-state index in [0.29, 0.717) is 12.5 Å². The molecule has 4 heteroatoms. The lowest BCUT2D eigenvalue weighted by molar-refractivity contribution is -0.114. The van der Waals surface area contributed by atoms with Crippen molar-refractivity contribution in [3.8, 4) is 0 Å². The number of ether oxygens (including phenoxy) is 1. The Labute approximate surface area is 78.4 Å². The zero-order valence-electron chi connectivity index (χ0n) is 8.33. The second kappa shape index (κ2) is 5.59. The Bertz CT molecular complexity index is 209. The molecule has 0 aliphatic heterocycles. The van der Waals surface area contributed by atoms with Crippen molar-refractivity contribution in [1.29, 1.82) is 0 Å². The van der Waals surface area contributed by atoms with E-state index in [9.17, 15) is 4.79 Å². The minimum absolute atomic E-state index is 0.265. The van der Waals surface area contributed by atoms with Crippen molar-refractivity contribution < 1.29 is 14.6 Å². The molecule has 0 aromatic rings. The van der Waals surface area contributed by atoms with Gasteiger partial charge in [0.15, 0.2) is 0 Å². The van der Waals surface area contributed by atoms with Gasteiger partial charge in [-0.3, -0.25) is 4.79 Å². The molecule has 0 aromatic carbocycles. The van der Waals surface area contributed by atoms with E-state index in [1.54, 1.807) is 0 Å². The van der Waals surface area contributed by atoms with Crippen LogP contribution in [0.15, 0.2) is 11.3 Å². The summed E-state index contributed by atoms with van der Waals surface area (Å²) in [6, 6.07) is 0. The largest absolute Gasteiger partial charge is 0.495 e. The van der Waals surface area contributed by atoms with Crippen LogP contribution in [0.3, 0.4) is 0 Å². The minimum atomic E-state index is -0.562. The van der Waals surface area contributed by atoms with Gasteiger partial charge in [0.05, 0.1) is 12.2 Å². The Morgan fingerprint density at radius 1 is 1.54 bits per heavy atom. The van der Waals surface area contributed by atoms with E-state index in [2.05, 4.69) is 0 Å². The Morgan fingerprint density at radius 3 is 2.38 bits per heavy atom. The maximum atomic E-state index is 10.7. The molecule has 0 aromatic heterocycles. The number of hydrogen-bond donors (Lipinski definition) is 2. The Morgan fingerprint density at radius 2 is 2.08 bits per heavy atom. The van der Waals surface area contributed by atoms with Crippen molar-refractivity contribution in [3.05, 3.63) is 11.3 Å². The number of carbonyl (C=O) groups is 1. The minimum Gasteiger partial charge on any atom is -0.495 e. The second-order valence-corrected chi connectivity index (χ2v) is 3.28. The van der Waals surface area contributed by atoms with E-state index in [-0.39, 0.29) is 17.9 Å². The molecule has 76 valence electrons. The number of carbonyl (C=O) groups excluding carboxylic acids is 1. The lowest BCUT2D eigenvalue weighted by atomic mass is 10.2. The van der Waals surface area contributed by atoms with Gasteiger partial charge in [-0.25, -0.2) is 0 Å². The first-order chi connectivity index (χ1) is 5.99. The first-order valence-electron chi connectivity index (χ1n) is 4.22. The summed E-state index contributed by atoms with van der Waals surface area (Å²) in [6.45, 7) is 5.68. The van der Waals surface area contributed by atoms with E-state index in [0.717, 1.165) is 0 Å². The molecular weight excluding hydrogens is 170 g/mol. The van der Waals surface area contributed by atoms with Gasteiger partial charge in [0.2, 0.25) is 5.91 Å². The van der Waals surface area contributed by atoms with Gasteiger partial charge in [-0.15, -0.1) is 0 Å². The van der Waals surface area contributed by atoms with Gasteiger partial charge >= 0.3 is 0 Å². The number of hydrogen-bond acceptors (Lipinski definition) is 3. The highest BCUT2D eigenvalue weighted by molar-refractivity contribution is 5.91. The van der Waals surface area contributed by atoms with Crippen LogP contribution in [0.1, 0.15) is 20.8 Å². The fourth-order valence-corrected chi connectivity index (χ4v) is 0.677. The number of aliphatic hydroxyl groups is 1. The third kappa shape index (κ3) is 4.52. The standard InChI is InChI=1S/C9H17NO3/c1-6(2)5-13-8(4-11)7(3)9(10)12/h6,11H,4-5H2,1-3H3,(H2,10,12). The van der Waals surface area contributed by atoms with Gasteiger partial charge in [0, 0.05) is 0 Å². The number of primary amides is 1. The summed E-state index contributed by atoms with van der Waals surface area (Å²) < 4.78 is 5.20. The van der Waals surface area contributed by atoms with Crippen LogP contribution in [-0.4, -0.2) is 24.2 Å². The van der Waals surface area contributed by atoms with Crippen molar-refractivity contribution in [2.24, 2.45) is 11.7 Å². The van der Waals surface area contributed by atoms with Crippen LogP contribution in [0.4, 0.5) is 0 Å². The van der Waals surface area contributed by atoms with Crippen molar-refractivity contribution >= 4 is 5.91 Å². The number of rotatable bonds is 5. The van der Waals surface area contributed by atoms with Gasteiger partial charge < -0.3 is 15.6 Å². The predicted molar refractivity (Wildman–Crippen MR) is 49.8 cm³/mol. The normalized spacial score (nSPS) is 12.7. The average molecular weight is 187 g/mol. The second-order valence-electron chi connectivity index (χ2n) is 3.28. The van der Waals surface area contributed by atoms with Gasteiger partial charge in [-0.1, -0.05) is 13.8 Å². The lowest BCUT2D eigenvalue weighted by Gasteiger charge is -2.12. The predicted octanol–water partition coefficient (Wildman–Crippen LogP) is 0.411. The molecule has 0 saturated carbocycles. The molecule has 4 nitrogen and oxygen atoms in total. The quantitative estimate of drug-likeness (QED) is 0.483. The van der Waals surface area contributed by atoms with Crippen LogP contribution >= 0.6 is 0 Å². The summed E-state index contributed by atoms with van der Waals surface area (Å²) in [7, 11) is 0. The van der Waals surface area contributed by atoms with E-state index in [1.807, 2.05) is 13.8 Å². The fraction of sp³-hybridized carbons (Fsp3) is 0.667. The van der Waals surface area contributed by atoms with Crippen molar-refractivity contribution in [2.45, 2.75) is 20.8 Å². The summed E-state index contributed by atoms with van der Waals surface area (Å²) in [4.78, 5) is 10.7. The molecule has 0 fully saturated rings. The van der Waals surface area contributed by atoms with Crippen molar-refractivity contribution in [2.75, 3.05) is 13.2 Å². The van der Waals surface area contributed by atoms with E-state index in [4.69, 9.17) is 15.6 Å². The van der Waals surface area contributed by atoms with Crippen LogP contribution in [0.25, 0.3) is 0 Å². The maximum Gasteiger partial charge on any atom is 0.247 e. The average Bonchev–Trinajstić information content (AvgIpc) is 2.04. The number of amides is 1. The molecular formula is C9H17NO3. The zero-order valence-corrected chi connectivity index (χ0v) is 8.33. The van der Waals surface area contributed by atoms with Crippen molar-refractivity contribution in [1.82, 2.24) is 0 Å². The summed E-state index contributed by atoms with van der Waals surface area (Å²) in [5, 5.41) is 8.87. The first kappa shape index (κ1) is 12.0. The smallest absolute Gasteiger partial charge is 0.247 e. The molecule has 0 aliphatic carbocycles. The molecule has 0 aliphatic rings. The van der Waals surface area contributed by atoms with E-state index >= 15 is 0 Å². The summed E-state index contributed by atoms with van der Waals surface area (Å²) in [5.41, 5.74) is 5.31. The van der Waals surface area contributed by atoms with Gasteiger partial charge in [0.1, 0.15) is 12.4 Å². The molecule has 0 rings (SSSR count). The van der Waals surface area contributed by atoms with E-state index in [1.165, 1.54) is 6.92 Å². The maximum absolute atomic E-state index is 10.7. The zero-order chi connectivity index (χ0) is 10.4. The molecule has 13 heavy (non-hydrogen) atoms. The molecule has 0 radical (unpaired) electrons. The number of aliphatic hydroxyl groups excluding tert-OH is 1. The van der Waals surface area contributed by atoms with Crippen LogP contribution in [0.2, 0.25) is 0 Å². The Balaban J connectivity index is 4.32. The molecule has 0 atom stereocenters. The SMILES string of the molecule is CC(C(N)=O)=C(CO)OCC(C)C. The molecule has 0 bridgehead atoms.